The molecule has 1 aliphatic heterocycles. The molecule has 25 heavy (non-hydrogen) atoms. The molecule has 1 aliphatic rings. The van der Waals surface area contributed by atoms with Gasteiger partial charge in [0.1, 0.15) is 11.6 Å². The van der Waals surface area contributed by atoms with E-state index in [2.05, 4.69) is 36.8 Å². The Balaban J connectivity index is 1.94. The van der Waals surface area contributed by atoms with Crippen LogP contribution in [0.3, 0.4) is 0 Å². The highest BCUT2D eigenvalue weighted by atomic mass is 16.5. The smallest absolute Gasteiger partial charge is 0.261 e. The summed E-state index contributed by atoms with van der Waals surface area (Å²) < 4.78 is 5.35. The van der Waals surface area contributed by atoms with Crippen molar-refractivity contribution in [1.29, 1.82) is 0 Å². The summed E-state index contributed by atoms with van der Waals surface area (Å²) in [5, 5.41) is 0. The van der Waals surface area contributed by atoms with Crippen molar-refractivity contribution in [2.45, 2.75) is 45.4 Å². The molecule has 0 fully saturated rings. The Morgan fingerprint density at radius 2 is 1.88 bits per heavy atom. The molecule has 0 radical (unpaired) electrons. The molecule has 132 valence electrons. The van der Waals surface area contributed by atoms with Crippen LogP contribution < -0.4 is 9.64 Å². The molecular formula is C20H25N3O2. The normalized spacial score (nSPS) is 14.6. The van der Waals surface area contributed by atoms with Crippen molar-refractivity contribution >= 4 is 11.6 Å². The first-order valence-corrected chi connectivity index (χ1v) is 8.71. The van der Waals surface area contributed by atoms with Crippen LogP contribution in [0.2, 0.25) is 0 Å². The number of benzene rings is 1. The Kier molecular flexibility index (Phi) is 4.75. The van der Waals surface area contributed by atoms with Gasteiger partial charge in [0.25, 0.3) is 5.91 Å². The van der Waals surface area contributed by atoms with Gasteiger partial charge in [0.05, 0.1) is 18.4 Å². The van der Waals surface area contributed by atoms with Gasteiger partial charge in [0.15, 0.2) is 0 Å². The first-order chi connectivity index (χ1) is 11.9. The molecule has 2 aromatic rings. The maximum Gasteiger partial charge on any atom is 0.261 e. The van der Waals surface area contributed by atoms with E-state index in [1.807, 2.05) is 17.0 Å². The SMILES string of the molecule is COc1ccc2c(c1)N(C(=O)c1cnc(C(C)(C)C)nc1)CCCC2. The molecule has 0 unspecified atom stereocenters. The third kappa shape index (κ3) is 3.65. The largest absolute Gasteiger partial charge is 0.497 e. The third-order valence-electron chi connectivity index (χ3n) is 4.48. The number of fused-ring (bicyclic) bond motifs is 1. The molecule has 5 nitrogen and oxygen atoms in total. The highest BCUT2D eigenvalue weighted by molar-refractivity contribution is 6.06. The van der Waals surface area contributed by atoms with Crippen molar-refractivity contribution in [2.24, 2.45) is 0 Å². The number of carbonyl (C=O) groups excluding carboxylic acids is 1. The first kappa shape index (κ1) is 17.4. The van der Waals surface area contributed by atoms with E-state index < -0.39 is 0 Å². The predicted molar refractivity (Wildman–Crippen MR) is 98.3 cm³/mol. The van der Waals surface area contributed by atoms with Gasteiger partial charge in [-0.1, -0.05) is 26.8 Å². The van der Waals surface area contributed by atoms with Crippen LogP contribution in [0.15, 0.2) is 30.6 Å². The Labute approximate surface area is 149 Å². The lowest BCUT2D eigenvalue weighted by molar-refractivity contribution is 0.0986. The third-order valence-corrected chi connectivity index (χ3v) is 4.48. The fourth-order valence-electron chi connectivity index (χ4n) is 3.03. The average molecular weight is 339 g/mol. The second kappa shape index (κ2) is 6.82. The van der Waals surface area contributed by atoms with Crippen molar-refractivity contribution in [3.63, 3.8) is 0 Å². The van der Waals surface area contributed by atoms with Crippen molar-refractivity contribution in [3.8, 4) is 5.75 Å². The molecule has 5 heteroatoms. The molecule has 1 aromatic heterocycles. The topological polar surface area (TPSA) is 55.3 Å². The molecule has 0 saturated carbocycles. The van der Waals surface area contributed by atoms with Crippen LogP contribution in [-0.2, 0) is 11.8 Å². The Bertz CT molecular complexity index is 764. The summed E-state index contributed by atoms with van der Waals surface area (Å²) in [4.78, 5) is 23.7. The van der Waals surface area contributed by atoms with Gasteiger partial charge >= 0.3 is 0 Å². The molecule has 0 saturated heterocycles. The van der Waals surface area contributed by atoms with Crippen molar-refractivity contribution < 1.29 is 9.53 Å². The van der Waals surface area contributed by atoms with Crippen LogP contribution in [-0.4, -0.2) is 29.5 Å². The Morgan fingerprint density at radius 1 is 1.16 bits per heavy atom. The number of hydrogen-bond acceptors (Lipinski definition) is 4. The van der Waals surface area contributed by atoms with Crippen LogP contribution >= 0.6 is 0 Å². The zero-order chi connectivity index (χ0) is 18.0. The number of aromatic nitrogens is 2. The number of anilines is 1. The second-order valence-electron chi connectivity index (χ2n) is 7.45. The number of nitrogens with zero attached hydrogens (tertiary/aromatic N) is 3. The lowest BCUT2D eigenvalue weighted by atomic mass is 9.96. The number of hydrogen-bond donors (Lipinski definition) is 0. The maximum absolute atomic E-state index is 13.1. The molecule has 1 aromatic carbocycles. The molecule has 1 amide bonds. The van der Waals surface area contributed by atoms with E-state index in [1.165, 1.54) is 5.56 Å². The number of carbonyl (C=O) groups is 1. The van der Waals surface area contributed by atoms with Gasteiger partial charge in [0, 0.05) is 30.4 Å². The van der Waals surface area contributed by atoms with E-state index >= 15 is 0 Å². The summed E-state index contributed by atoms with van der Waals surface area (Å²) in [5.41, 5.74) is 2.49. The predicted octanol–water partition coefficient (Wildman–Crippen LogP) is 3.77. The highest BCUT2D eigenvalue weighted by Crippen LogP contribution is 2.31. The van der Waals surface area contributed by atoms with Gasteiger partial charge in [0.2, 0.25) is 0 Å². The van der Waals surface area contributed by atoms with Crippen LogP contribution in [0.1, 0.15) is 55.4 Å². The van der Waals surface area contributed by atoms with Gasteiger partial charge in [-0.3, -0.25) is 4.79 Å². The lowest BCUT2D eigenvalue weighted by Gasteiger charge is -2.24. The van der Waals surface area contributed by atoms with Crippen molar-refractivity contribution in [1.82, 2.24) is 9.97 Å². The number of methoxy groups -OCH3 is 1. The van der Waals surface area contributed by atoms with Gasteiger partial charge in [-0.2, -0.15) is 0 Å². The number of ether oxygens (including phenoxy) is 1. The molecule has 0 spiro atoms. The van der Waals surface area contributed by atoms with E-state index in [9.17, 15) is 4.79 Å². The fraction of sp³-hybridized carbons (Fsp3) is 0.450. The minimum atomic E-state index is -0.135. The van der Waals surface area contributed by atoms with Crippen LogP contribution in [0.4, 0.5) is 5.69 Å². The maximum atomic E-state index is 13.1. The molecule has 3 rings (SSSR count). The Hall–Kier alpha value is -2.43. The average Bonchev–Trinajstić information content (AvgIpc) is 2.82. The molecule has 0 bridgehead atoms. The highest BCUT2D eigenvalue weighted by Gasteiger charge is 2.24. The summed E-state index contributed by atoms with van der Waals surface area (Å²) in [7, 11) is 1.64. The quantitative estimate of drug-likeness (QED) is 0.836. The summed E-state index contributed by atoms with van der Waals surface area (Å²) in [6, 6.07) is 5.95. The minimum Gasteiger partial charge on any atom is -0.497 e. The number of rotatable bonds is 2. The molecule has 2 heterocycles. The zero-order valence-electron chi connectivity index (χ0n) is 15.4. The summed E-state index contributed by atoms with van der Waals surface area (Å²) >= 11 is 0. The standard InChI is InChI=1S/C20H25N3O2/c1-20(2,3)19-21-12-15(13-22-19)18(24)23-10-6-5-7-14-8-9-16(25-4)11-17(14)23/h8-9,11-13H,5-7,10H2,1-4H3. The summed E-state index contributed by atoms with van der Waals surface area (Å²) in [5.74, 6) is 1.44. The van der Waals surface area contributed by atoms with E-state index in [-0.39, 0.29) is 11.3 Å². The van der Waals surface area contributed by atoms with E-state index in [1.54, 1.807) is 19.5 Å². The van der Waals surface area contributed by atoms with Gasteiger partial charge < -0.3 is 9.64 Å². The molecule has 0 aliphatic carbocycles. The van der Waals surface area contributed by atoms with Gasteiger partial charge in [-0.15, -0.1) is 0 Å². The lowest BCUT2D eigenvalue weighted by Crippen LogP contribution is -2.32. The Morgan fingerprint density at radius 3 is 2.52 bits per heavy atom. The summed E-state index contributed by atoms with van der Waals surface area (Å²) in [6.45, 7) is 6.86. The fourth-order valence-corrected chi connectivity index (χ4v) is 3.03. The van der Waals surface area contributed by atoms with E-state index in [0.717, 1.165) is 36.5 Å². The second-order valence-corrected chi connectivity index (χ2v) is 7.45. The number of aryl methyl sites for hydroxylation is 1. The summed E-state index contributed by atoms with van der Waals surface area (Å²) in [6.07, 6.45) is 6.30. The zero-order valence-corrected chi connectivity index (χ0v) is 15.4. The van der Waals surface area contributed by atoms with Gasteiger partial charge in [-0.25, -0.2) is 9.97 Å². The van der Waals surface area contributed by atoms with Crippen LogP contribution in [0, 0.1) is 0 Å². The van der Waals surface area contributed by atoms with Gasteiger partial charge in [-0.05, 0) is 30.9 Å². The van der Waals surface area contributed by atoms with Crippen molar-refractivity contribution in [2.75, 3.05) is 18.6 Å². The first-order valence-electron chi connectivity index (χ1n) is 8.71. The van der Waals surface area contributed by atoms with Crippen LogP contribution in [0.5, 0.6) is 5.75 Å². The monoisotopic (exact) mass is 339 g/mol. The van der Waals surface area contributed by atoms with E-state index in [4.69, 9.17) is 4.74 Å². The van der Waals surface area contributed by atoms with E-state index in [0.29, 0.717) is 12.1 Å². The number of amides is 1. The molecular weight excluding hydrogens is 314 g/mol. The molecule has 0 atom stereocenters. The molecule has 0 N–H and O–H groups in total. The minimum absolute atomic E-state index is 0.0585. The van der Waals surface area contributed by atoms with Crippen LogP contribution in [0.25, 0.3) is 0 Å². The van der Waals surface area contributed by atoms with Crippen molar-refractivity contribution in [3.05, 3.63) is 47.5 Å².